The van der Waals surface area contributed by atoms with Crippen molar-refractivity contribution in [3.63, 3.8) is 0 Å². The predicted octanol–water partition coefficient (Wildman–Crippen LogP) is 8.28. The second-order valence-corrected chi connectivity index (χ2v) is 8.58. The third kappa shape index (κ3) is 1.83. The van der Waals surface area contributed by atoms with E-state index in [0.29, 0.717) is 0 Å². The maximum atomic E-state index is 3.87. The lowest BCUT2D eigenvalue weighted by Gasteiger charge is -2.12. The minimum absolute atomic E-state index is 1.18. The van der Waals surface area contributed by atoms with Crippen molar-refractivity contribution in [2.24, 2.45) is 0 Å². The third-order valence-electron chi connectivity index (χ3n) is 5.31. The summed E-state index contributed by atoms with van der Waals surface area (Å²) in [7, 11) is 0. The molecular weight excluding hydrogens is 400 g/mol. The monoisotopic (exact) mass is 412 g/mol. The molecule has 2 heteroatoms. The normalized spacial score (nSPS) is 12.0. The number of hydrogen-bond donors (Lipinski definition) is 0. The van der Waals surface area contributed by atoms with E-state index in [1.165, 1.54) is 57.0 Å². The van der Waals surface area contributed by atoms with E-state index in [4.69, 9.17) is 0 Å². The molecule has 6 rings (SSSR count). The topological polar surface area (TPSA) is 0 Å². The molecule has 0 amide bonds. The Balaban J connectivity index is 2.04. The highest BCUT2D eigenvalue weighted by Gasteiger charge is 2.16. The molecule has 0 nitrogen and oxygen atoms in total. The summed E-state index contributed by atoms with van der Waals surface area (Å²) in [6.45, 7) is 0. The van der Waals surface area contributed by atoms with Gasteiger partial charge in [0, 0.05) is 30.0 Å². The van der Waals surface area contributed by atoms with Gasteiger partial charge in [-0.05, 0) is 39.1 Å². The number of fused-ring (bicyclic) bond motifs is 10. The minimum Gasteiger partial charge on any atom is -0.134 e. The summed E-state index contributed by atoms with van der Waals surface area (Å²) in [5.41, 5.74) is 0. The zero-order valence-electron chi connectivity index (χ0n) is 13.8. The first-order valence-electron chi connectivity index (χ1n) is 8.66. The highest BCUT2D eigenvalue weighted by molar-refractivity contribution is 9.10. The third-order valence-corrected chi connectivity index (χ3v) is 7.12. The fourth-order valence-electron chi connectivity index (χ4n) is 4.22. The van der Waals surface area contributed by atoms with Crippen LogP contribution in [0.3, 0.4) is 0 Å². The molecule has 122 valence electrons. The van der Waals surface area contributed by atoms with Gasteiger partial charge in [0.05, 0.1) is 0 Å². The van der Waals surface area contributed by atoms with Gasteiger partial charge in [-0.15, -0.1) is 11.3 Å². The summed E-state index contributed by atoms with van der Waals surface area (Å²) < 4.78 is 3.89. The van der Waals surface area contributed by atoms with Crippen LogP contribution in [-0.4, -0.2) is 0 Å². The molecule has 0 spiro atoms. The smallest absolute Gasteiger partial charge is 0.0451 e. The molecule has 0 unspecified atom stereocenters. The second kappa shape index (κ2) is 5.29. The molecular formula is C24H13BrS. The van der Waals surface area contributed by atoms with Crippen LogP contribution in [0.25, 0.3) is 52.5 Å². The van der Waals surface area contributed by atoms with Crippen LogP contribution in [0.2, 0.25) is 0 Å². The van der Waals surface area contributed by atoms with Gasteiger partial charge in [-0.25, -0.2) is 0 Å². The van der Waals surface area contributed by atoms with Crippen molar-refractivity contribution in [2.45, 2.75) is 0 Å². The van der Waals surface area contributed by atoms with E-state index in [2.05, 4.69) is 94.8 Å². The van der Waals surface area contributed by atoms with Gasteiger partial charge in [0.1, 0.15) is 0 Å². The molecule has 0 fully saturated rings. The summed E-state index contributed by atoms with van der Waals surface area (Å²) in [6, 6.07) is 28.6. The fourth-order valence-corrected chi connectivity index (χ4v) is 6.28. The van der Waals surface area contributed by atoms with Crippen LogP contribution in [0.4, 0.5) is 0 Å². The molecule has 1 heterocycles. The molecule has 0 N–H and O–H groups in total. The van der Waals surface area contributed by atoms with Crippen molar-refractivity contribution in [3.8, 4) is 0 Å². The van der Waals surface area contributed by atoms with Crippen molar-refractivity contribution in [1.29, 1.82) is 0 Å². The Hall–Kier alpha value is -2.42. The van der Waals surface area contributed by atoms with E-state index < -0.39 is 0 Å². The standard InChI is InChI=1S/C24H13BrS/c25-20-13-19-16-9-2-1-7-14(16)15-8-3-4-10-17(15)22(19)24-23(20)18-11-5-6-12-21(18)26-24/h1-13H. The van der Waals surface area contributed by atoms with Crippen LogP contribution >= 0.6 is 27.3 Å². The van der Waals surface area contributed by atoms with Crippen molar-refractivity contribution in [2.75, 3.05) is 0 Å². The highest BCUT2D eigenvalue weighted by atomic mass is 79.9. The Morgan fingerprint density at radius 1 is 0.538 bits per heavy atom. The van der Waals surface area contributed by atoms with E-state index in [0.717, 1.165) is 0 Å². The van der Waals surface area contributed by atoms with Gasteiger partial charge < -0.3 is 0 Å². The first kappa shape index (κ1) is 14.7. The molecule has 26 heavy (non-hydrogen) atoms. The fraction of sp³-hybridized carbons (Fsp3) is 0. The summed E-state index contributed by atoms with van der Waals surface area (Å²) in [4.78, 5) is 0. The lowest BCUT2D eigenvalue weighted by Crippen LogP contribution is -1.84. The second-order valence-electron chi connectivity index (χ2n) is 6.67. The number of thiophene rings is 1. The largest absolute Gasteiger partial charge is 0.134 e. The van der Waals surface area contributed by atoms with Crippen LogP contribution in [-0.2, 0) is 0 Å². The Kier molecular flexibility index (Phi) is 3.00. The van der Waals surface area contributed by atoms with Crippen LogP contribution in [0, 0.1) is 0 Å². The summed E-state index contributed by atoms with van der Waals surface area (Å²) in [5.74, 6) is 0. The van der Waals surface area contributed by atoms with Gasteiger partial charge in [-0.2, -0.15) is 0 Å². The number of rotatable bonds is 0. The summed E-state index contributed by atoms with van der Waals surface area (Å²) >= 11 is 5.77. The van der Waals surface area contributed by atoms with Gasteiger partial charge in [0.25, 0.3) is 0 Å². The van der Waals surface area contributed by atoms with Crippen molar-refractivity contribution in [3.05, 3.63) is 83.3 Å². The van der Waals surface area contributed by atoms with E-state index >= 15 is 0 Å². The zero-order valence-corrected chi connectivity index (χ0v) is 16.2. The predicted molar refractivity (Wildman–Crippen MR) is 120 cm³/mol. The molecule has 5 aromatic carbocycles. The van der Waals surface area contributed by atoms with E-state index in [1.54, 1.807) is 0 Å². The first-order valence-corrected chi connectivity index (χ1v) is 10.3. The van der Waals surface area contributed by atoms with Gasteiger partial charge in [0.15, 0.2) is 0 Å². The van der Waals surface area contributed by atoms with Crippen molar-refractivity contribution < 1.29 is 0 Å². The molecule has 0 saturated heterocycles. The lowest BCUT2D eigenvalue weighted by atomic mass is 9.93. The van der Waals surface area contributed by atoms with Gasteiger partial charge in [-0.3, -0.25) is 0 Å². The van der Waals surface area contributed by atoms with Gasteiger partial charge >= 0.3 is 0 Å². The van der Waals surface area contributed by atoms with E-state index in [9.17, 15) is 0 Å². The minimum atomic E-state index is 1.18. The maximum absolute atomic E-state index is 3.87. The first-order chi connectivity index (χ1) is 12.8. The molecule has 0 bridgehead atoms. The molecule has 0 aliphatic rings. The van der Waals surface area contributed by atoms with Crippen LogP contribution in [0.1, 0.15) is 0 Å². The Morgan fingerprint density at radius 3 is 1.81 bits per heavy atom. The van der Waals surface area contributed by atoms with E-state index in [1.807, 2.05) is 11.3 Å². The lowest BCUT2D eigenvalue weighted by molar-refractivity contribution is 1.79. The number of halogens is 1. The molecule has 0 aliphatic carbocycles. The quantitative estimate of drug-likeness (QED) is 0.220. The number of hydrogen-bond acceptors (Lipinski definition) is 1. The van der Waals surface area contributed by atoms with Gasteiger partial charge in [-0.1, -0.05) is 82.7 Å². The highest BCUT2D eigenvalue weighted by Crippen LogP contribution is 2.46. The molecule has 0 aliphatic heterocycles. The molecule has 0 radical (unpaired) electrons. The molecule has 0 atom stereocenters. The SMILES string of the molecule is Brc1cc2c3ccccc3c3ccccc3c2c2sc3ccccc3c12. The summed E-state index contributed by atoms with van der Waals surface area (Å²) in [5, 5.41) is 10.7. The molecule has 1 aromatic heterocycles. The Labute approximate surface area is 162 Å². The zero-order chi connectivity index (χ0) is 17.3. The van der Waals surface area contributed by atoms with Crippen molar-refractivity contribution in [1.82, 2.24) is 0 Å². The molecule has 0 saturated carbocycles. The van der Waals surface area contributed by atoms with Crippen LogP contribution < -0.4 is 0 Å². The van der Waals surface area contributed by atoms with Crippen LogP contribution in [0.15, 0.2) is 83.3 Å². The Bertz CT molecular complexity index is 1490. The average molecular weight is 413 g/mol. The number of benzene rings is 5. The maximum Gasteiger partial charge on any atom is 0.0451 e. The average Bonchev–Trinajstić information content (AvgIpc) is 3.08. The summed E-state index contributed by atoms with van der Waals surface area (Å²) in [6.07, 6.45) is 0. The molecule has 6 aromatic rings. The van der Waals surface area contributed by atoms with Gasteiger partial charge in [0.2, 0.25) is 0 Å². The Morgan fingerprint density at radius 2 is 1.08 bits per heavy atom. The van der Waals surface area contributed by atoms with Crippen molar-refractivity contribution >= 4 is 79.8 Å². The van der Waals surface area contributed by atoms with E-state index in [-0.39, 0.29) is 0 Å². The van der Waals surface area contributed by atoms with Crippen LogP contribution in [0.5, 0.6) is 0 Å².